The first-order chi connectivity index (χ1) is 10.5. The van der Waals surface area contributed by atoms with Crippen molar-refractivity contribution in [3.05, 3.63) is 23.3 Å². The highest BCUT2D eigenvalue weighted by molar-refractivity contribution is 5.96. The first-order valence-electron chi connectivity index (χ1n) is 7.22. The van der Waals surface area contributed by atoms with E-state index in [1.165, 1.54) is 7.11 Å². The van der Waals surface area contributed by atoms with Gasteiger partial charge in [-0.15, -0.1) is 0 Å². The number of aryl methyl sites for hydroxylation is 1. The summed E-state index contributed by atoms with van der Waals surface area (Å²) in [5.74, 6) is 0.145. The number of nitrogens with one attached hydrogen (secondary N) is 1. The molecule has 0 radical (unpaired) electrons. The van der Waals surface area contributed by atoms with Gasteiger partial charge in [0.1, 0.15) is 0 Å². The van der Waals surface area contributed by atoms with Gasteiger partial charge in [-0.2, -0.15) is 0 Å². The lowest BCUT2D eigenvalue weighted by Gasteiger charge is -2.12. The van der Waals surface area contributed by atoms with Crippen LogP contribution < -0.4 is 14.8 Å². The summed E-state index contributed by atoms with van der Waals surface area (Å²) >= 11 is 0. The van der Waals surface area contributed by atoms with Crippen molar-refractivity contribution in [3.8, 4) is 11.5 Å². The first kappa shape index (κ1) is 17.8. The van der Waals surface area contributed by atoms with Crippen LogP contribution in [0.2, 0.25) is 0 Å². The summed E-state index contributed by atoms with van der Waals surface area (Å²) < 4.78 is 10.4. The van der Waals surface area contributed by atoms with Crippen LogP contribution in [0.5, 0.6) is 11.5 Å². The van der Waals surface area contributed by atoms with E-state index in [0.717, 1.165) is 18.4 Å². The maximum atomic E-state index is 12.2. The number of carboxylic acids is 1. The number of amides is 1. The molecule has 0 aromatic heterocycles. The van der Waals surface area contributed by atoms with Crippen LogP contribution in [0, 0.1) is 6.92 Å². The molecule has 1 rings (SSSR count). The molecule has 0 unspecified atom stereocenters. The van der Waals surface area contributed by atoms with E-state index in [9.17, 15) is 9.59 Å². The largest absolute Gasteiger partial charge is 0.493 e. The van der Waals surface area contributed by atoms with Crippen LogP contribution in [0.15, 0.2) is 12.1 Å². The maximum Gasteiger partial charge on any atom is 0.303 e. The van der Waals surface area contributed by atoms with Gasteiger partial charge >= 0.3 is 5.97 Å². The number of aliphatic carboxylic acids is 1. The van der Waals surface area contributed by atoms with Crippen LogP contribution in [0.1, 0.15) is 41.6 Å². The third-order valence-corrected chi connectivity index (χ3v) is 3.33. The fraction of sp³-hybridized carbons (Fsp3) is 0.500. The molecule has 0 aliphatic heterocycles. The number of carbonyl (C=O) groups excluding carboxylic acids is 1. The minimum atomic E-state index is -0.787. The van der Waals surface area contributed by atoms with Crippen molar-refractivity contribution < 1.29 is 24.2 Å². The summed E-state index contributed by atoms with van der Waals surface area (Å²) in [6.45, 7) is 2.36. The van der Waals surface area contributed by atoms with Gasteiger partial charge in [0.2, 0.25) is 0 Å². The van der Waals surface area contributed by atoms with Crippen molar-refractivity contribution in [3.63, 3.8) is 0 Å². The van der Waals surface area contributed by atoms with E-state index in [0.29, 0.717) is 30.0 Å². The van der Waals surface area contributed by atoms with Gasteiger partial charge in [-0.25, -0.2) is 0 Å². The van der Waals surface area contributed by atoms with Gasteiger partial charge in [0.15, 0.2) is 11.5 Å². The molecular weight excluding hydrogens is 286 g/mol. The number of carbonyl (C=O) groups is 2. The highest BCUT2D eigenvalue weighted by Crippen LogP contribution is 2.30. The summed E-state index contributed by atoms with van der Waals surface area (Å²) in [5, 5.41) is 11.4. The Morgan fingerprint density at radius 1 is 1.09 bits per heavy atom. The highest BCUT2D eigenvalue weighted by Gasteiger charge is 2.14. The van der Waals surface area contributed by atoms with Crippen LogP contribution in [0.25, 0.3) is 0 Å². The molecule has 0 spiro atoms. The van der Waals surface area contributed by atoms with Crippen molar-refractivity contribution in [1.29, 1.82) is 0 Å². The minimum Gasteiger partial charge on any atom is -0.493 e. The van der Waals surface area contributed by atoms with Crippen molar-refractivity contribution >= 4 is 11.9 Å². The van der Waals surface area contributed by atoms with Gasteiger partial charge in [-0.05, 0) is 37.5 Å². The second kappa shape index (κ2) is 8.92. The van der Waals surface area contributed by atoms with E-state index in [2.05, 4.69) is 5.32 Å². The average Bonchev–Trinajstić information content (AvgIpc) is 2.49. The van der Waals surface area contributed by atoms with Crippen LogP contribution in [0.3, 0.4) is 0 Å². The number of unbranched alkanes of at least 4 members (excludes halogenated alkanes) is 2. The third-order valence-electron chi connectivity index (χ3n) is 3.33. The second-order valence-corrected chi connectivity index (χ2v) is 4.98. The molecule has 6 heteroatoms. The zero-order valence-corrected chi connectivity index (χ0v) is 13.3. The van der Waals surface area contributed by atoms with E-state index in [4.69, 9.17) is 14.6 Å². The van der Waals surface area contributed by atoms with Crippen LogP contribution >= 0.6 is 0 Å². The minimum absolute atomic E-state index is 0.169. The Morgan fingerprint density at radius 2 is 1.73 bits per heavy atom. The predicted octanol–water partition coefficient (Wildman–Crippen LogP) is 2.39. The van der Waals surface area contributed by atoms with E-state index in [1.807, 2.05) is 6.92 Å². The number of methoxy groups -OCH3 is 2. The van der Waals surface area contributed by atoms with Gasteiger partial charge < -0.3 is 19.9 Å². The van der Waals surface area contributed by atoms with E-state index >= 15 is 0 Å². The smallest absolute Gasteiger partial charge is 0.303 e. The Hall–Kier alpha value is -2.24. The number of rotatable bonds is 9. The topological polar surface area (TPSA) is 84.9 Å². The van der Waals surface area contributed by atoms with Crippen LogP contribution in [0.4, 0.5) is 0 Å². The lowest BCUT2D eigenvalue weighted by Crippen LogP contribution is -2.25. The summed E-state index contributed by atoms with van der Waals surface area (Å²) in [6.07, 6.45) is 2.33. The third kappa shape index (κ3) is 5.27. The number of hydrogen-bond acceptors (Lipinski definition) is 4. The van der Waals surface area contributed by atoms with Gasteiger partial charge in [-0.1, -0.05) is 6.42 Å². The number of ether oxygens (including phenoxy) is 2. The van der Waals surface area contributed by atoms with Crippen molar-refractivity contribution in [2.75, 3.05) is 20.8 Å². The quantitative estimate of drug-likeness (QED) is 0.684. The molecule has 1 aromatic rings. The Morgan fingerprint density at radius 3 is 2.32 bits per heavy atom. The summed E-state index contributed by atoms with van der Waals surface area (Å²) in [5.41, 5.74) is 1.35. The predicted molar refractivity (Wildman–Crippen MR) is 82.7 cm³/mol. The summed E-state index contributed by atoms with van der Waals surface area (Å²) in [7, 11) is 3.07. The average molecular weight is 309 g/mol. The molecule has 0 bridgehead atoms. The fourth-order valence-electron chi connectivity index (χ4n) is 2.10. The highest BCUT2D eigenvalue weighted by atomic mass is 16.5. The SMILES string of the molecule is COc1cc(C)c(C(=O)NCCCCCC(=O)O)cc1OC. The molecule has 1 aromatic carbocycles. The molecule has 0 aliphatic rings. The Bertz CT molecular complexity index is 528. The Balaban J connectivity index is 2.53. The maximum absolute atomic E-state index is 12.2. The summed E-state index contributed by atoms with van der Waals surface area (Å²) in [6, 6.07) is 3.43. The molecular formula is C16H23NO5. The molecule has 0 atom stereocenters. The molecule has 0 heterocycles. The molecule has 0 fully saturated rings. The standard InChI is InChI=1S/C16H23NO5/c1-11-9-13(21-2)14(22-3)10-12(11)16(20)17-8-6-4-5-7-15(18)19/h9-10H,4-8H2,1-3H3,(H,17,20)(H,18,19). The molecule has 1 amide bonds. The number of carboxylic acid groups (broad SMARTS) is 1. The molecule has 2 N–H and O–H groups in total. The van der Waals surface area contributed by atoms with Crippen molar-refractivity contribution in [2.24, 2.45) is 0 Å². The molecule has 0 saturated heterocycles. The van der Waals surface area contributed by atoms with Gasteiger partial charge in [0.25, 0.3) is 5.91 Å². The molecule has 122 valence electrons. The Kier molecular flexibility index (Phi) is 7.22. The van der Waals surface area contributed by atoms with Crippen molar-refractivity contribution in [1.82, 2.24) is 5.32 Å². The summed E-state index contributed by atoms with van der Waals surface area (Å²) in [4.78, 5) is 22.6. The van der Waals surface area contributed by atoms with Gasteiger partial charge in [0, 0.05) is 18.5 Å². The van der Waals surface area contributed by atoms with Gasteiger partial charge in [-0.3, -0.25) is 9.59 Å². The molecule has 6 nitrogen and oxygen atoms in total. The van der Waals surface area contributed by atoms with E-state index in [1.54, 1.807) is 19.2 Å². The molecule has 0 aliphatic carbocycles. The normalized spacial score (nSPS) is 10.1. The number of hydrogen-bond donors (Lipinski definition) is 2. The monoisotopic (exact) mass is 309 g/mol. The van der Waals surface area contributed by atoms with E-state index in [-0.39, 0.29) is 12.3 Å². The Labute approximate surface area is 130 Å². The van der Waals surface area contributed by atoms with Crippen LogP contribution in [-0.2, 0) is 4.79 Å². The lowest BCUT2D eigenvalue weighted by atomic mass is 10.1. The second-order valence-electron chi connectivity index (χ2n) is 4.98. The van der Waals surface area contributed by atoms with Crippen LogP contribution in [-0.4, -0.2) is 37.7 Å². The zero-order valence-electron chi connectivity index (χ0n) is 13.3. The number of benzene rings is 1. The fourth-order valence-corrected chi connectivity index (χ4v) is 2.10. The molecule has 22 heavy (non-hydrogen) atoms. The molecule has 0 saturated carbocycles. The van der Waals surface area contributed by atoms with Crippen molar-refractivity contribution in [2.45, 2.75) is 32.6 Å². The van der Waals surface area contributed by atoms with E-state index < -0.39 is 5.97 Å². The van der Waals surface area contributed by atoms with Gasteiger partial charge in [0.05, 0.1) is 14.2 Å². The zero-order chi connectivity index (χ0) is 16.5. The first-order valence-corrected chi connectivity index (χ1v) is 7.22. The lowest BCUT2D eigenvalue weighted by molar-refractivity contribution is -0.137.